The van der Waals surface area contributed by atoms with Gasteiger partial charge in [-0.15, -0.1) is 0 Å². The fraction of sp³-hybridized carbons (Fsp3) is 0.179. The van der Waals surface area contributed by atoms with E-state index in [0.717, 1.165) is 22.3 Å². The number of carbonyl (C=O) groups is 2. The number of rotatable bonds is 6. The van der Waals surface area contributed by atoms with E-state index in [1.807, 2.05) is 92.7 Å². The van der Waals surface area contributed by atoms with E-state index in [4.69, 9.17) is 0 Å². The second-order valence-electron chi connectivity index (χ2n) is 8.21. The Bertz CT molecular complexity index is 1280. The van der Waals surface area contributed by atoms with E-state index in [0.29, 0.717) is 23.7 Å². The molecule has 1 aliphatic rings. The van der Waals surface area contributed by atoms with E-state index >= 15 is 0 Å². The molecule has 0 unspecified atom stereocenters. The van der Waals surface area contributed by atoms with Crippen molar-refractivity contribution < 1.29 is 9.59 Å². The summed E-state index contributed by atoms with van der Waals surface area (Å²) in [6.45, 7) is 4.29. The van der Waals surface area contributed by atoms with Crippen LogP contribution in [0.4, 0.5) is 5.69 Å². The minimum Gasteiger partial charge on any atom is -0.347 e. The first-order valence-corrected chi connectivity index (χ1v) is 11.9. The lowest BCUT2D eigenvalue weighted by atomic mass is 10.0. The van der Waals surface area contributed by atoms with Gasteiger partial charge in [0.05, 0.1) is 5.25 Å². The smallest absolute Gasteiger partial charge is 0.264 e. The fourth-order valence-corrected chi connectivity index (χ4v) is 5.12. The maximum atomic E-state index is 13.6. The SMILES string of the molecule is Cc1ccc(N2C(=O)[C@H](Cc3ccccc3C)S/C2=C(\C#N)C(=O)NCc2ccccc2)cc1. The number of hydrogen-bond donors (Lipinski definition) is 1. The Morgan fingerprint density at radius 1 is 1.00 bits per heavy atom. The Hall–Kier alpha value is -3.82. The molecule has 1 aliphatic heterocycles. The summed E-state index contributed by atoms with van der Waals surface area (Å²) < 4.78 is 0. The van der Waals surface area contributed by atoms with Crippen LogP contribution in [0, 0.1) is 25.2 Å². The van der Waals surface area contributed by atoms with E-state index in [9.17, 15) is 14.9 Å². The molecule has 3 aromatic carbocycles. The average Bonchev–Trinajstić information content (AvgIpc) is 3.16. The molecule has 0 aliphatic carbocycles. The molecule has 0 aromatic heterocycles. The number of nitrogens with one attached hydrogen (secondary N) is 1. The third-order valence-electron chi connectivity index (χ3n) is 5.76. The summed E-state index contributed by atoms with van der Waals surface area (Å²) in [4.78, 5) is 28.1. The maximum absolute atomic E-state index is 13.6. The Kier molecular flexibility index (Phi) is 7.15. The van der Waals surface area contributed by atoms with Crippen LogP contribution in [-0.4, -0.2) is 17.1 Å². The van der Waals surface area contributed by atoms with Crippen molar-refractivity contribution in [3.05, 3.63) is 112 Å². The van der Waals surface area contributed by atoms with Gasteiger partial charge in [-0.1, -0.05) is 84.1 Å². The van der Waals surface area contributed by atoms with Crippen LogP contribution in [0.5, 0.6) is 0 Å². The summed E-state index contributed by atoms with van der Waals surface area (Å²) in [6.07, 6.45) is 0.520. The number of hydrogen-bond acceptors (Lipinski definition) is 4. The second-order valence-corrected chi connectivity index (χ2v) is 9.40. The van der Waals surface area contributed by atoms with Crippen molar-refractivity contribution in [2.24, 2.45) is 0 Å². The van der Waals surface area contributed by atoms with Gasteiger partial charge in [0.2, 0.25) is 5.91 Å². The van der Waals surface area contributed by atoms with E-state index in [1.54, 1.807) is 0 Å². The van der Waals surface area contributed by atoms with Crippen molar-refractivity contribution >= 4 is 29.3 Å². The average molecular weight is 468 g/mol. The topological polar surface area (TPSA) is 73.2 Å². The molecule has 1 atom stereocenters. The largest absolute Gasteiger partial charge is 0.347 e. The third-order valence-corrected chi connectivity index (χ3v) is 7.02. The lowest BCUT2D eigenvalue weighted by Crippen LogP contribution is -2.32. The Labute approximate surface area is 204 Å². The molecule has 170 valence electrons. The molecule has 0 radical (unpaired) electrons. The molecule has 3 aromatic rings. The molecule has 5 nitrogen and oxygen atoms in total. The van der Waals surface area contributed by atoms with Crippen molar-refractivity contribution in [3.8, 4) is 6.07 Å². The van der Waals surface area contributed by atoms with Gasteiger partial charge in [-0.05, 0) is 49.1 Å². The zero-order chi connectivity index (χ0) is 24.1. The first-order chi connectivity index (χ1) is 16.5. The normalized spacial score (nSPS) is 16.8. The molecule has 1 saturated heterocycles. The number of nitriles is 1. The molecular formula is C28H25N3O2S. The van der Waals surface area contributed by atoms with Gasteiger partial charge < -0.3 is 5.32 Å². The summed E-state index contributed by atoms with van der Waals surface area (Å²) in [6, 6.07) is 27.1. The number of aryl methyl sites for hydroxylation is 2. The molecule has 1 fully saturated rings. The minimum absolute atomic E-state index is 0.0536. The standard InChI is InChI=1S/C28H25N3O2S/c1-19-12-14-23(15-13-19)31-27(33)25(16-22-11-7-6-8-20(22)2)34-28(31)24(17-29)26(32)30-18-21-9-4-3-5-10-21/h3-15,25H,16,18H2,1-2H3,(H,30,32)/b28-24+/t25-/m0/s1. The van der Waals surface area contributed by atoms with Crippen LogP contribution in [0.2, 0.25) is 0 Å². The van der Waals surface area contributed by atoms with Crippen molar-refractivity contribution in [3.63, 3.8) is 0 Å². The number of anilines is 1. The van der Waals surface area contributed by atoms with Crippen molar-refractivity contribution in [1.29, 1.82) is 5.26 Å². The van der Waals surface area contributed by atoms with Gasteiger partial charge in [-0.2, -0.15) is 5.26 Å². The van der Waals surface area contributed by atoms with Gasteiger partial charge in [0.25, 0.3) is 5.91 Å². The Morgan fingerprint density at radius 3 is 2.35 bits per heavy atom. The summed E-state index contributed by atoms with van der Waals surface area (Å²) >= 11 is 1.28. The monoisotopic (exact) mass is 467 g/mol. The predicted molar refractivity (Wildman–Crippen MR) is 136 cm³/mol. The van der Waals surface area contributed by atoms with E-state index < -0.39 is 11.2 Å². The molecule has 1 N–H and O–H groups in total. The van der Waals surface area contributed by atoms with Gasteiger partial charge in [0.15, 0.2) is 0 Å². The molecule has 0 spiro atoms. The van der Waals surface area contributed by atoms with Crippen LogP contribution < -0.4 is 10.2 Å². The Morgan fingerprint density at radius 2 is 1.68 bits per heavy atom. The highest BCUT2D eigenvalue weighted by Gasteiger charge is 2.40. The highest BCUT2D eigenvalue weighted by molar-refractivity contribution is 8.05. The highest BCUT2D eigenvalue weighted by atomic mass is 32.2. The number of nitrogens with zero attached hydrogens (tertiary/aromatic N) is 2. The van der Waals surface area contributed by atoms with Crippen LogP contribution in [0.25, 0.3) is 0 Å². The summed E-state index contributed by atoms with van der Waals surface area (Å²) in [5.41, 5.74) is 4.77. The maximum Gasteiger partial charge on any atom is 0.264 e. The minimum atomic E-state index is -0.490. The highest BCUT2D eigenvalue weighted by Crippen LogP contribution is 2.42. The van der Waals surface area contributed by atoms with Crippen LogP contribution in [0.3, 0.4) is 0 Å². The summed E-state index contributed by atoms with van der Waals surface area (Å²) in [7, 11) is 0. The van der Waals surface area contributed by atoms with Crippen molar-refractivity contribution in [2.75, 3.05) is 4.90 Å². The van der Waals surface area contributed by atoms with Gasteiger partial charge in [0, 0.05) is 12.2 Å². The first kappa shape index (κ1) is 23.3. The Balaban J connectivity index is 1.68. The molecule has 34 heavy (non-hydrogen) atoms. The van der Waals surface area contributed by atoms with E-state index in [1.165, 1.54) is 16.7 Å². The van der Waals surface area contributed by atoms with Gasteiger partial charge in [0.1, 0.15) is 16.7 Å². The van der Waals surface area contributed by atoms with Crippen LogP contribution in [-0.2, 0) is 22.6 Å². The quantitative estimate of drug-likeness (QED) is 0.407. The van der Waals surface area contributed by atoms with Crippen molar-refractivity contribution in [2.45, 2.75) is 32.1 Å². The van der Waals surface area contributed by atoms with Crippen LogP contribution in [0.15, 0.2) is 89.5 Å². The second kappa shape index (κ2) is 10.4. The molecule has 0 saturated carbocycles. The molecule has 1 heterocycles. The summed E-state index contributed by atoms with van der Waals surface area (Å²) in [5, 5.41) is 12.7. The van der Waals surface area contributed by atoms with Crippen molar-refractivity contribution in [1.82, 2.24) is 5.32 Å². The fourth-order valence-electron chi connectivity index (χ4n) is 3.82. The first-order valence-electron chi connectivity index (χ1n) is 11.1. The van der Waals surface area contributed by atoms with Gasteiger partial charge in [-0.25, -0.2) is 0 Å². The predicted octanol–water partition coefficient (Wildman–Crippen LogP) is 5.05. The molecule has 2 amide bonds. The zero-order valence-electron chi connectivity index (χ0n) is 19.1. The van der Waals surface area contributed by atoms with Gasteiger partial charge in [-0.3, -0.25) is 14.5 Å². The third kappa shape index (κ3) is 5.05. The zero-order valence-corrected chi connectivity index (χ0v) is 19.9. The van der Waals surface area contributed by atoms with Crippen LogP contribution in [0.1, 0.15) is 22.3 Å². The molecule has 6 heteroatoms. The molecular weight excluding hydrogens is 442 g/mol. The lowest BCUT2D eigenvalue weighted by molar-refractivity contribution is -0.117. The molecule has 4 rings (SSSR count). The van der Waals surface area contributed by atoms with Gasteiger partial charge >= 0.3 is 0 Å². The number of amides is 2. The number of benzene rings is 3. The number of carbonyl (C=O) groups excluding carboxylic acids is 2. The van der Waals surface area contributed by atoms with E-state index in [2.05, 4.69) is 11.4 Å². The molecule has 0 bridgehead atoms. The number of thioether (sulfide) groups is 1. The van der Waals surface area contributed by atoms with E-state index in [-0.39, 0.29) is 11.5 Å². The van der Waals surface area contributed by atoms with Crippen LogP contribution >= 0.6 is 11.8 Å². The summed E-state index contributed by atoms with van der Waals surface area (Å²) in [5.74, 6) is -0.619. The lowest BCUT2D eigenvalue weighted by Gasteiger charge is -2.19.